The van der Waals surface area contributed by atoms with Crippen molar-refractivity contribution in [1.82, 2.24) is 14.8 Å². The molecule has 0 bridgehead atoms. The van der Waals surface area contributed by atoms with E-state index < -0.39 is 11.7 Å². The molecule has 1 amide bonds. The molecule has 4 N–H and O–H groups in total. The van der Waals surface area contributed by atoms with Crippen LogP contribution < -0.4 is 16.2 Å². The van der Waals surface area contributed by atoms with E-state index in [0.717, 1.165) is 5.69 Å². The maximum Gasteiger partial charge on any atom is 0.269 e. The lowest BCUT2D eigenvalue weighted by atomic mass is 10.1. The predicted molar refractivity (Wildman–Crippen MR) is 111 cm³/mol. The highest BCUT2D eigenvalue weighted by molar-refractivity contribution is 6.34. The zero-order valence-electron chi connectivity index (χ0n) is 15.4. The second-order valence-corrected chi connectivity index (χ2v) is 6.67. The fourth-order valence-corrected chi connectivity index (χ4v) is 3.02. The molecule has 2 heterocycles. The van der Waals surface area contributed by atoms with Gasteiger partial charge in [-0.15, -0.1) is 0 Å². The number of para-hydroxylation sites is 1. The van der Waals surface area contributed by atoms with Crippen molar-refractivity contribution in [2.24, 2.45) is 5.73 Å². The van der Waals surface area contributed by atoms with Crippen molar-refractivity contribution in [3.8, 4) is 28.3 Å². The molecule has 0 spiro atoms. The van der Waals surface area contributed by atoms with Gasteiger partial charge in [-0.1, -0.05) is 35.9 Å². The third kappa shape index (κ3) is 3.68. The summed E-state index contributed by atoms with van der Waals surface area (Å²) in [5.41, 5.74) is 12.7. The van der Waals surface area contributed by atoms with Crippen LogP contribution in [0.5, 0.6) is 11.5 Å². The number of anilines is 1. The number of ether oxygens (including phenoxy) is 1. The van der Waals surface area contributed by atoms with Crippen LogP contribution in [0.2, 0.25) is 5.02 Å². The molecule has 0 aliphatic rings. The first kappa shape index (κ1) is 19.4. The molecule has 0 unspecified atom stereocenters. The van der Waals surface area contributed by atoms with Gasteiger partial charge < -0.3 is 16.2 Å². The molecule has 9 heteroatoms. The molecule has 30 heavy (non-hydrogen) atoms. The van der Waals surface area contributed by atoms with Crippen molar-refractivity contribution >= 4 is 23.3 Å². The molecule has 0 aliphatic carbocycles. The van der Waals surface area contributed by atoms with Gasteiger partial charge in [-0.3, -0.25) is 4.79 Å². The van der Waals surface area contributed by atoms with Crippen LogP contribution in [0.15, 0.2) is 67.0 Å². The number of hydrogen-bond donors (Lipinski definition) is 2. The van der Waals surface area contributed by atoms with E-state index in [0.29, 0.717) is 11.1 Å². The van der Waals surface area contributed by atoms with E-state index in [-0.39, 0.29) is 28.0 Å². The van der Waals surface area contributed by atoms with Gasteiger partial charge in [0.15, 0.2) is 23.0 Å². The Hall–Kier alpha value is -3.91. The largest absolute Gasteiger partial charge is 0.453 e. The SMILES string of the molecule is NC(=O)c1nn(-c2ccccc2)cc1-c1ccc(Oc2ccnc(N)c2Cl)c(F)c1. The zero-order valence-corrected chi connectivity index (χ0v) is 16.2. The molecule has 0 saturated heterocycles. The summed E-state index contributed by atoms with van der Waals surface area (Å²) < 4.78 is 21.8. The number of nitrogens with zero attached hydrogens (tertiary/aromatic N) is 3. The topological polar surface area (TPSA) is 109 Å². The summed E-state index contributed by atoms with van der Waals surface area (Å²) in [5.74, 6) is -1.21. The normalized spacial score (nSPS) is 10.7. The van der Waals surface area contributed by atoms with Gasteiger partial charge in [-0.05, 0) is 29.8 Å². The standard InChI is InChI=1S/C21H15ClFN5O2/c22-18-17(8-9-26-20(18)24)30-16-7-6-12(10-15(16)23)14-11-28(27-19(14)21(25)29)13-4-2-1-3-5-13/h1-11H,(H2,24,26)(H2,25,29). The van der Waals surface area contributed by atoms with Gasteiger partial charge in [0.25, 0.3) is 5.91 Å². The summed E-state index contributed by atoms with van der Waals surface area (Å²) in [7, 11) is 0. The van der Waals surface area contributed by atoms with Crippen LogP contribution in [0.3, 0.4) is 0 Å². The number of carbonyl (C=O) groups is 1. The third-order valence-corrected chi connectivity index (χ3v) is 4.69. The summed E-state index contributed by atoms with van der Waals surface area (Å²) in [6.45, 7) is 0. The Kier molecular flexibility index (Phi) is 5.07. The minimum absolute atomic E-state index is 0.0249. The summed E-state index contributed by atoms with van der Waals surface area (Å²) >= 11 is 6.04. The Balaban J connectivity index is 1.71. The first-order valence-corrected chi connectivity index (χ1v) is 9.14. The van der Waals surface area contributed by atoms with E-state index in [2.05, 4.69) is 10.1 Å². The molecule has 0 radical (unpaired) electrons. The number of rotatable bonds is 5. The fraction of sp³-hybridized carbons (Fsp3) is 0. The lowest BCUT2D eigenvalue weighted by Gasteiger charge is -2.10. The van der Waals surface area contributed by atoms with Gasteiger partial charge >= 0.3 is 0 Å². The van der Waals surface area contributed by atoms with Crippen LogP contribution in [0.25, 0.3) is 16.8 Å². The molecule has 2 aromatic carbocycles. The number of carbonyl (C=O) groups excluding carboxylic acids is 1. The minimum atomic E-state index is -0.723. The van der Waals surface area contributed by atoms with E-state index >= 15 is 0 Å². The number of halogens is 2. The number of hydrogen-bond acceptors (Lipinski definition) is 5. The molecule has 0 aliphatic heterocycles. The van der Waals surface area contributed by atoms with Crippen molar-refractivity contribution < 1.29 is 13.9 Å². The molecule has 7 nitrogen and oxygen atoms in total. The number of benzene rings is 2. The third-order valence-electron chi connectivity index (χ3n) is 4.31. The van der Waals surface area contributed by atoms with Crippen molar-refractivity contribution in [3.05, 3.63) is 83.5 Å². The van der Waals surface area contributed by atoms with E-state index in [1.807, 2.05) is 30.3 Å². The minimum Gasteiger partial charge on any atom is -0.453 e. The Bertz CT molecular complexity index is 1240. The van der Waals surface area contributed by atoms with Gasteiger partial charge in [0, 0.05) is 24.0 Å². The average Bonchev–Trinajstić information content (AvgIpc) is 3.19. The molecule has 0 fully saturated rings. The molecular formula is C21H15ClFN5O2. The maximum atomic E-state index is 14.8. The number of amides is 1. The van der Waals surface area contributed by atoms with E-state index in [9.17, 15) is 9.18 Å². The van der Waals surface area contributed by atoms with Crippen molar-refractivity contribution in [2.45, 2.75) is 0 Å². The van der Waals surface area contributed by atoms with Crippen LogP contribution in [0.1, 0.15) is 10.5 Å². The van der Waals surface area contributed by atoms with E-state index in [1.165, 1.54) is 29.1 Å². The number of primary amides is 1. The van der Waals surface area contributed by atoms with Gasteiger partial charge in [0.2, 0.25) is 0 Å². The van der Waals surface area contributed by atoms with E-state index in [1.54, 1.807) is 12.3 Å². The maximum absolute atomic E-state index is 14.8. The smallest absolute Gasteiger partial charge is 0.269 e. The zero-order chi connectivity index (χ0) is 21.3. The monoisotopic (exact) mass is 423 g/mol. The molecule has 4 rings (SSSR count). The lowest BCUT2D eigenvalue weighted by molar-refractivity contribution is 0.0996. The van der Waals surface area contributed by atoms with Crippen molar-refractivity contribution in [3.63, 3.8) is 0 Å². The number of pyridine rings is 1. The number of nitrogens with two attached hydrogens (primary N) is 2. The first-order chi connectivity index (χ1) is 14.4. The Labute approximate surface area is 175 Å². The van der Waals surface area contributed by atoms with Crippen LogP contribution in [0, 0.1) is 5.82 Å². The molecule has 0 atom stereocenters. The van der Waals surface area contributed by atoms with Crippen LogP contribution in [-0.2, 0) is 0 Å². The molecule has 150 valence electrons. The van der Waals surface area contributed by atoms with Crippen molar-refractivity contribution in [2.75, 3.05) is 5.73 Å². The predicted octanol–water partition coefficient (Wildman–Crippen LogP) is 4.20. The summed E-state index contributed by atoms with van der Waals surface area (Å²) in [6, 6.07) is 14.9. The van der Waals surface area contributed by atoms with Crippen LogP contribution >= 0.6 is 11.6 Å². The Morgan fingerprint density at radius 1 is 1.10 bits per heavy atom. The fourth-order valence-electron chi connectivity index (χ4n) is 2.87. The van der Waals surface area contributed by atoms with Crippen molar-refractivity contribution in [1.29, 1.82) is 0 Å². The Morgan fingerprint density at radius 3 is 2.57 bits per heavy atom. The Morgan fingerprint density at radius 2 is 1.87 bits per heavy atom. The quantitative estimate of drug-likeness (QED) is 0.500. The highest BCUT2D eigenvalue weighted by atomic mass is 35.5. The second-order valence-electron chi connectivity index (χ2n) is 6.29. The summed E-state index contributed by atoms with van der Waals surface area (Å²) in [4.78, 5) is 15.7. The molecular weight excluding hydrogens is 409 g/mol. The van der Waals surface area contributed by atoms with Gasteiger partial charge in [-0.25, -0.2) is 14.1 Å². The van der Waals surface area contributed by atoms with Gasteiger partial charge in [0.05, 0.1) is 5.69 Å². The second kappa shape index (κ2) is 7.84. The number of nitrogen functional groups attached to an aromatic ring is 1. The average molecular weight is 424 g/mol. The summed E-state index contributed by atoms with van der Waals surface area (Å²) in [6.07, 6.45) is 3.02. The van der Waals surface area contributed by atoms with Gasteiger partial charge in [-0.2, -0.15) is 5.10 Å². The molecule has 0 saturated carbocycles. The van der Waals surface area contributed by atoms with Gasteiger partial charge in [0.1, 0.15) is 10.8 Å². The van der Waals surface area contributed by atoms with Crippen LogP contribution in [0.4, 0.5) is 10.2 Å². The first-order valence-electron chi connectivity index (χ1n) is 8.76. The van der Waals surface area contributed by atoms with E-state index in [4.69, 9.17) is 27.8 Å². The molecule has 2 aromatic heterocycles. The summed E-state index contributed by atoms with van der Waals surface area (Å²) in [5, 5.41) is 4.33. The highest BCUT2D eigenvalue weighted by Gasteiger charge is 2.18. The lowest BCUT2D eigenvalue weighted by Crippen LogP contribution is -2.13. The highest BCUT2D eigenvalue weighted by Crippen LogP contribution is 2.35. The van der Waals surface area contributed by atoms with Crippen LogP contribution in [-0.4, -0.2) is 20.7 Å². The molecule has 4 aromatic rings. The number of aromatic nitrogens is 3.